The maximum absolute atomic E-state index is 13.4. The lowest BCUT2D eigenvalue weighted by molar-refractivity contribution is 0.309. The van der Waals surface area contributed by atoms with Crippen LogP contribution in [-0.4, -0.2) is 22.7 Å². The SMILES string of the molecule is CCNC(C)c1ccc(F)cc1OCCc1nccn1C. The van der Waals surface area contributed by atoms with Crippen molar-refractivity contribution in [2.45, 2.75) is 26.3 Å². The van der Waals surface area contributed by atoms with Crippen LogP contribution in [0.25, 0.3) is 0 Å². The zero-order chi connectivity index (χ0) is 15.2. The van der Waals surface area contributed by atoms with Gasteiger partial charge in [0.05, 0.1) is 6.61 Å². The van der Waals surface area contributed by atoms with Gasteiger partial charge in [0.1, 0.15) is 17.4 Å². The van der Waals surface area contributed by atoms with Gasteiger partial charge in [0.25, 0.3) is 0 Å². The second kappa shape index (κ2) is 7.22. The van der Waals surface area contributed by atoms with Gasteiger partial charge in [-0.1, -0.05) is 13.0 Å². The van der Waals surface area contributed by atoms with Gasteiger partial charge in [-0.15, -0.1) is 0 Å². The molecule has 5 heteroatoms. The van der Waals surface area contributed by atoms with Crippen LogP contribution in [0, 0.1) is 5.82 Å². The van der Waals surface area contributed by atoms with E-state index in [0.29, 0.717) is 18.8 Å². The highest BCUT2D eigenvalue weighted by molar-refractivity contribution is 5.36. The number of imidazole rings is 1. The highest BCUT2D eigenvalue weighted by Crippen LogP contribution is 2.26. The van der Waals surface area contributed by atoms with E-state index in [9.17, 15) is 4.39 Å². The van der Waals surface area contributed by atoms with Crippen molar-refractivity contribution >= 4 is 0 Å². The van der Waals surface area contributed by atoms with Crippen LogP contribution in [0.15, 0.2) is 30.6 Å². The predicted molar refractivity (Wildman–Crippen MR) is 80.9 cm³/mol. The second-order valence-corrected chi connectivity index (χ2v) is 5.01. The summed E-state index contributed by atoms with van der Waals surface area (Å²) in [6.45, 7) is 5.41. The van der Waals surface area contributed by atoms with E-state index in [1.165, 1.54) is 12.1 Å². The highest BCUT2D eigenvalue weighted by atomic mass is 19.1. The van der Waals surface area contributed by atoms with E-state index < -0.39 is 0 Å². The number of hydrogen-bond acceptors (Lipinski definition) is 3. The van der Waals surface area contributed by atoms with Crippen LogP contribution in [0.5, 0.6) is 5.75 Å². The molecule has 0 aliphatic carbocycles. The van der Waals surface area contributed by atoms with E-state index in [1.807, 2.05) is 31.7 Å². The predicted octanol–water partition coefficient (Wildman–Crippen LogP) is 2.85. The van der Waals surface area contributed by atoms with Crippen LogP contribution in [0.4, 0.5) is 4.39 Å². The largest absolute Gasteiger partial charge is 0.493 e. The lowest BCUT2D eigenvalue weighted by Gasteiger charge is -2.17. The number of nitrogens with one attached hydrogen (secondary N) is 1. The average molecular weight is 291 g/mol. The number of halogens is 1. The summed E-state index contributed by atoms with van der Waals surface area (Å²) >= 11 is 0. The number of hydrogen-bond donors (Lipinski definition) is 1. The van der Waals surface area contributed by atoms with Gasteiger partial charge in [0.2, 0.25) is 0 Å². The van der Waals surface area contributed by atoms with Gasteiger partial charge in [-0.05, 0) is 19.5 Å². The van der Waals surface area contributed by atoms with E-state index in [1.54, 1.807) is 12.3 Å². The summed E-state index contributed by atoms with van der Waals surface area (Å²) in [6.07, 6.45) is 4.35. The minimum absolute atomic E-state index is 0.124. The van der Waals surface area contributed by atoms with Crippen LogP contribution in [0.2, 0.25) is 0 Å². The lowest BCUT2D eigenvalue weighted by atomic mass is 10.1. The third-order valence-electron chi connectivity index (χ3n) is 3.46. The van der Waals surface area contributed by atoms with Gasteiger partial charge in [-0.25, -0.2) is 9.37 Å². The van der Waals surface area contributed by atoms with E-state index in [0.717, 1.165) is 17.9 Å². The Balaban J connectivity index is 2.04. The zero-order valence-electron chi connectivity index (χ0n) is 12.8. The number of aryl methyl sites for hydroxylation is 1. The van der Waals surface area contributed by atoms with E-state index in [2.05, 4.69) is 10.3 Å². The molecule has 4 nitrogen and oxygen atoms in total. The summed E-state index contributed by atoms with van der Waals surface area (Å²) in [7, 11) is 1.95. The fourth-order valence-electron chi connectivity index (χ4n) is 2.30. The van der Waals surface area contributed by atoms with E-state index >= 15 is 0 Å². The summed E-state index contributed by atoms with van der Waals surface area (Å²) in [5.74, 6) is 1.26. The molecule has 2 aromatic rings. The molecule has 114 valence electrons. The third kappa shape index (κ3) is 4.04. The smallest absolute Gasteiger partial charge is 0.126 e. The molecule has 21 heavy (non-hydrogen) atoms. The summed E-state index contributed by atoms with van der Waals surface area (Å²) in [5, 5.41) is 3.32. The molecule has 0 bridgehead atoms. The molecule has 0 amide bonds. The molecule has 0 aliphatic rings. The number of rotatable bonds is 7. The number of aromatic nitrogens is 2. The van der Waals surface area contributed by atoms with Crippen LogP contribution < -0.4 is 10.1 Å². The molecule has 0 radical (unpaired) electrons. The first-order chi connectivity index (χ1) is 10.1. The fraction of sp³-hybridized carbons (Fsp3) is 0.438. The first-order valence-electron chi connectivity index (χ1n) is 7.23. The van der Waals surface area contributed by atoms with Crippen molar-refractivity contribution in [3.8, 4) is 5.75 Å². The van der Waals surface area contributed by atoms with Gasteiger partial charge in [-0.3, -0.25) is 0 Å². The van der Waals surface area contributed by atoms with Gasteiger partial charge >= 0.3 is 0 Å². The molecular formula is C16H22FN3O. The van der Waals surface area contributed by atoms with Gasteiger partial charge < -0.3 is 14.6 Å². The minimum atomic E-state index is -0.283. The van der Waals surface area contributed by atoms with Crippen molar-refractivity contribution in [3.63, 3.8) is 0 Å². The van der Waals surface area contributed by atoms with Crippen LogP contribution in [-0.2, 0) is 13.5 Å². The van der Waals surface area contributed by atoms with Crippen molar-refractivity contribution < 1.29 is 9.13 Å². The fourth-order valence-corrected chi connectivity index (χ4v) is 2.30. The quantitative estimate of drug-likeness (QED) is 0.852. The van der Waals surface area contributed by atoms with Crippen molar-refractivity contribution in [3.05, 3.63) is 47.8 Å². The Labute approximate surface area is 125 Å². The van der Waals surface area contributed by atoms with Crippen molar-refractivity contribution in [2.24, 2.45) is 7.05 Å². The molecule has 2 rings (SSSR count). The summed E-state index contributed by atoms with van der Waals surface area (Å²) in [4.78, 5) is 4.25. The lowest BCUT2D eigenvalue weighted by Crippen LogP contribution is -2.19. The van der Waals surface area contributed by atoms with Crippen LogP contribution in [0.1, 0.15) is 31.3 Å². The topological polar surface area (TPSA) is 39.1 Å². The van der Waals surface area contributed by atoms with Crippen molar-refractivity contribution in [1.82, 2.24) is 14.9 Å². The van der Waals surface area contributed by atoms with Gasteiger partial charge in [0.15, 0.2) is 0 Å². The van der Waals surface area contributed by atoms with Crippen LogP contribution in [0.3, 0.4) is 0 Å². The first kappa shape index (κ1) is 15.5. The summed E-state index contributed by atoms with van der Waals surface area (Å²) in [5.41, 5.74) is 0.970. The Kier molecular flexibility index (Phi) is 5.33. The third-order valence-corrected chi connectivity index (χ3v) is 3.46. The Morgan fingerprint density at radius 3 is 2.90 bits per heavy atom. The summed E-state index contributed by atoms with van der Waals surface area (Å²) < 4.78 is 21.2. The molecule has 0 saturated carbocycles. The summed E-state index contributed by atoms with van der Waals surface area (Å²) in [6, 6.07) is 4.81. The Morgan fingerprint density at radius 2 is 2.24 bits per heavy atom. The van der Waals surface area contributed by atoms with E-state index in [4.69, 9.17) is 4.74 Å². The number of benzene rings is 1. The molecule has 1 aromatic carbocycles. The second-order valence-electron chi connectivity index (χ2n) is 5.01. The maximum atomic E-state index is 13.4. The van der Waals surface area contributed by atoms with E-state index in [-0.39, 0.29) is 11.9 Å². The maximum Gasteiger partial charge on any atom is 0.126 e. The molecular weight excluding hydrogens is 269 g/mol. The van der Waals surface area contributed by atoms with Gasteiger partial charge in [0, 0.05) is 43.5 Å². The molecule has 0 aliphatic heterocycles. The molecule has 1 unspecified atom stereocenters. The normalized spacial score (nSPS) is 12.4. The zero-order valence-corrected chi connectivity index (χ0v) is 12.8. The Bertz CT molecular complexity index is 583. The Morgan fingerprint density at radius 1 is 1.43 bits per heavy atom. The van der Waals surface area contributed by atoms with Crippen molar-refractivity contribution in [2.75, 3.05) is 13.2 Å². The average Bonchev–Trinajstić information content (AvgIpc) is 2.85. The molecule has 1 atom stereocenters. The standard InChI is InChI=1S/C16H22FN3O/c1-4-18-12(2)14-6-5-13(17)11-15(14)21-10-7-16-19-8-9-20(16)3/h5-6,8-9,11-12,18H,4,7,10H2,1-3H3. The first-order valence-corrected chi connectivity index (χ1v) is 7.23. The Hall–Kier alpha value is -1.88. The minimum Gasteiger partial charge on any atom is -0.493 e. The highest BCUT2D eigenvalue weighted by Gasteiger charge is 2.12. The molecule has 0 saturated heterocycles. The van der Waals surface area contributed by atoms with Crippen LogP contribution >= 0.6 is 0 Å². The number of nitrogens with zero attached hydrogens (tertiary/aromatic N) is 2. The van der Waals surface area contributed by atoms with Gasteiger partial charge in [-0.2, -0.15) is 0 Å². The molecule has 1 aromatic heterocycles. The molecule has 0 fully saturated rings. The molecule has 1 N–H and O–H groups in total. The van der Waals surface area contributed by atoms with Crippen molar-refractivity contribution in [1.29, 1.82) is 0 Å². The monoisotopic (exact) mass is 291 g/mol. The molecule has 0 spiro atoms. The number of ether oxygens (including phenoxy) is 1. The molecule has 1 heterocycles.